The van der Waals surface area contributed by atoms with E-state index < -0.39 is 35.1 Å². The Balaban J connectivity index is 1.52. The first-order valence-electron chi connectivity index (χ1n) is 15.8. The number of hydrogen-bond acceptors (Lipinski definition) is 5. The van der Waals surface area contributed by atoms with Crippen LogP contribution in [-0.4, -0.2) is 82.2 Å². The zero-order valence-corrected chi connectivity index (χ0v) is 25.6. The summed E-state index contributed by atoms with van der Waals surface area (Å²) in [5, 5.41) is 12.8. The Kier molecular flexibility index (Phi) is 7.71. The fourth-order valence-corrected chi connectivity index (χ4v) is 7.97. The first-order valence-corrected chi connectivity index (χ1v) is 15.8. The Bertz CT molecular complexity index is 1490. The number of anilines is 1. The minimum atomic E-state index is -1.35. The molecule has 43 heavy (non-hydrogen) atoms. The van der Waals surface area contributed by atoms with Crippen molar-refractivity contribution in [3.8, 4) is 0 Å². The van der Waals surface area contributed by atoms with Crippen LogP contribution in [0.2, 0.25) is 0 Å². The smallest absolute Gasteiger partial charge is 0.253 e. The highest BCUT2D eigenvalue weighted by atomic mass is 16.5. The predicted octanol–water partition coefficient (Wildman–Crippen LogP) is 4.32. The van der Waals surface area contributed by atoms with E-state index in [0.717, 1.165) is 22.9 Å². The molecule has 4 aliphatic rings. The van der Waals surface area contributed by atoms with Crippen LogP contribution in [0.3, 0.4) is 0 Å². The topological polar surface area (TPSA) is 90.4 Å². The van der Waals surface area contributed by atoms with Crippen LogP contribution in [0.15, 0.2) is 66.8 Å². The van der Waals surface area contributed by atoms with Gasteiger partial charge in [0.1, 0.15) is 11.6 Å². The van der Waals surface area contributed by atoms with Gasteiger partial charge >= 0.3 is 0 Å². The lowest BCUT2D eigenvalue weighted by Gasteiger charge is -2.42. The lowest BCUT2D eigenvalue weighted by Crippen LogP contribution is -2.60. The zero-order chi connectivity index (χ0) is 30.5. The van der Waals surface area contributed by atoms with Crippen LogP contribution in [0.5, 0.6) is 0 Å². The SMILES string of the molecule is CCCN1CC=C[C@@]2(CC)O[C@]34C=CCN(c5ccc6ccccc6c5)C(=O)C3N([C@@H](CO)[C@@H](C)CC)C(=O)[C@@H]4[C@H]2C1=O. The molecule has 7 atom stereocenters. The number of aliphatic hydroxyl groups excluding tert-OH is 1. The number of fused-ring (bicyclic) bond motifs is 3. The largest absolute Gasteiger partial charge is 0.394 e. The minimum Gasteiger partial charge on any atom is -0.394 e. The molecule has 1 unspecified atom stereocenters. The van der Waals surface area contributed by atoms with Gasteiger partial charge in [0.25, 0.3) is 5.91 Å². The van der Waals surface area contributed by atoms with Gasteiger partial charge < -0.3 is 24.5 Å². The summed E-state index contributed by atoms with van der Waals surface area (Å²) in [5.41, 5.74) is -1.64. The van der Waals surface area contributed by atoms with Crippen molar-refractivity contribution in [3.05, 3.63) is 66.8 Å². The number of aliphatic hydroxyl groups is 1. The molecule has 1 N–H and O–H groups in total. The molecule has 0 radical (unpaired) electrons. The summed E-state index contributed by atoms with van der Waals surface area (Å²) in [4.78, 5) is 49.2. The van der Waals surface area contributed by atoms with Gasteiger partial charge in [-0.25, -0.2) is 0 Å². The fourth-order valence-electron chi connectivity index (χ4n) is 7.97. The van der Waals surface area contributed by atoms with Crippen molar-refractivity contribution in [1.82, 2.24) is 9.80 Å². The number of rotatable bonds is 8. The number of benzene rings is 2. The number of nitrogens with zero attached hydrogens (tertiary/aromatic N) is 3. The quantitative estimate of drug-likeness (QED) is 0.466. The normalized spacial score (nSPS) is 31.6. The van der Waals surface area contributed by atoms with E-state index in [2.05, 4.69) is 0 Å². The van der Waals surface area contributed by atoms with Gasteiger partial charge in [0.2, 0.25) is 11.8 Å². The Hall–Kier alpha value is -3.49. The molecule has 2 aromatic rings. The van der Waals surface area contributed by atoms with Gasteiger partial charge in [0.05, 0.1) is 30.1 Å². The second-order valence-corrected chi connectivity index (χ2v) is 12.6. The first-order chi connectivity index (χ1) is 20.8. The molecule has 2 fully saturated rings. The van der Waals surface area contributed by atoms with Gasteiger partial charge in [-0.05, 0) is 41.7 Å². The highest BCUT2D eigenvalue weighted by molar-refractivity contribution is 6.07. The van der Waals surface area contributed by atoms with E-state index in [-0.39, 0.29) is 30.2 Å². The molecule has 3 amide bonds. The molecule has 0 saturated carbocycles. The van der Waals surface area contributed by atoms with E-state index in [1.807, 2.05) is 99.4 Å². The van der Waals surface area contributed by atoms with Gasteiger partial charge in [-0.2, -0.15) is 0 Å². The summed E-state index contributed by atoms with van der Waals surface area (Å²) in [6.07, 6.45) is 9.75. The Labute approximate surface area is 254 Å². The maximum absolute atomic E-state index is 14.9. The molecule has 4 aliphatic heterocycles. The Morgan fingerprint density at radius 2 is 1.67 bits per heavy atom. The average molecular weight is 586 g/mol. The van der Waals surface area contributed by atoms with E-state index in [1.54, 1.807) is 9.80 Å². The van der Waals surface area contributed by atoms with Gasteiger partial charge in [0.15, 0.2) is 0 Å². The van der Waals surface area contributed by atoms with E-state index in [9.17, 15) is 19.5 Å². The van der Waals surface area contributed by atoms with Gasteiger partial charge in [0, 0.05) is 25.3 Å². The molecular formula is C35H43N3O5. The molecule has 0 aromatic heterocycles. The predicted molar refractivity (Wildman–Crippen MR) is 166 cm³/mol. The molecule has 4 heterocycles. The molecule has 1 spiro atoms. The van der Waals surface area contributed by atoms with Crippen molar-refractivity contribution in [3.63, 3.8) is 0 Å². The van der Waals surface area contributed by atoms with Crippen molar-refractivity contribution >= 4 is 34.2 Å². The van der Waals surface area contributed by atoms with E-state index in [0.29, 0.717) is 32.5 Å². The lowest BCUT2D eigenvalue weighted by atomic mass is 9.73. The number of ether oxygens (including phenoxy) is 1. The van der Waals surface area contributed by atoms with Crippen molar-refractivity contribution < 1.29 is 24.2 Å². The standard InChI is InChI=1S/C35H43N3O5/c1-5-18-36-19-10-16-34(7-3)28(31(36)40)29-32(41)38(27(22-39)23(4)6-2)30-33(42)37(20-11-17-35(29,30)43-34)26-15-14-24-12-8-9-13-25(24)21-26/h8-17,21,23,27-30,39H,5-7,18-20,22H2,1-4H3/t23-,27-,28-,29-,30?,34+,35-/m0/s1. The third kappa shape index (κ3) is 4.36. The maximum Gasteiger partial charge on any atom is 0.253 e. The second kappa shape index (κ2) is 11.2. The summed E-state index contributed by atoms with van der Waals surface area (Å²) >= 11 is 0. The highest BCUT2D eigenvalue weighted by Gasteiger charge is 2.76. The Morgan fingerprint density at radius 1 is 0.930 bits per heavy atom. The van der Waals surface area contributed by atoms with Crippen LogP contribution in [0.1, 0.15) is 47.0 Å². The third-order valence-corrected chi connectivity index (χ3v) is 10.3. The van der Waals surface area contributed by atoms with Crippen molar-refractivity contribution in [1.29, 1.82) is 0 Å². The summed E-state index contributed by atoms with van der Waals surface area (Å²) in [6, 6.07) is 12.3. The first kappa shape index (κ1) is 29.6. The Morgan fingerprint density at radius 3 is 2.37 bits per heavy atom. The zero-order valence-electron chi connectivity index (χ0n) is 25.6. The van der Waals surface area contributed by atoms with E-state index in [1.165, 1.54) is 0 Å². The maximum atomic E-state index is 14.9. The highest BCUT2D eigenvalue weighted by Crippen LogP contribution is 2.59. The average Bonchev–Trinajstić information content (AvgIpc) is 3.31. The van der Waals surface area contributed by atoms with Crippen LogP contribution < -0.4 is 4.90 Å². The van der Waals surface area contributed by atoms with Gasteiger partial charge in [-0.15, -0.1) is 0 Å². The number of carbonyl (C=O) groups is 3. The van der Waals surface area contributed by atoms with Crippen LogP contribution in [-0.2, 0) is 19.1 Å². The fraction of sp³-hybridized carbons (Fsp3) is 0.514. The summed E-state index contributed by atoms with van der Waals surface area (Å²) in [7, 11) is 0. The number of likely N-dealkylation sites (tertiary alicyclic amines) is 1. The van der Waals surface area contributed by atoms with Crippen LogP contribution >= 0.6 is 0 Å². The van der Waals surface area contributed by atoms with E-state index in [4.69, 9.17) is 4.74 Å². The van der Waals surface area contributed by atoms with Crippen LogP contribution in [0.4, 0.5) is 5.69 Å². The molecule has 8 heteroatoms. The second-order valence-electron chi connectivity index (χ2n) is 12.6. The number of hydrogen-bond donors (Lipinski definition) is 1. The van der Waals surface area contributed by atoms with E-state index >= 15 is 0 Å². The molecule has 0 bridgehead atoms. The third-order valence-electron chi connectivity index (χ3n) is 10.3. The number of carbonyl (C=O) groups excluding carboxylic acids is 3. The molecule has 2 saturated heterocycles. The van der Waals surface area contributed by atoms with Gasteiger partial charge in [-0.1, -0.05) is 88.8 Å². The van der Waals surface area contributed by atoms with Crippen molar-refractivity contribution in [2.24, 2.45) is 17.8 Å². The van der Waals surface area contributed by atoms with Crippen LogP contribution in [0.25, 0.3) is 10.8 Å². The summed E-state index contributed by atoms with van der Waals surface area (Å²) in [6.45, 7) is 9.08. The van der Waals surface area contributed by atoms with Crippen molar-refractivity contribution in [2.45, 2.75) is 70.2 Å². The lowest BCUT2D eigenvalue weighted by molar-refractivity contribution is -0.153. The molecule has 0 aliphatic carbocycles. The summed E-state index contributed by atoms with van der Waals surface area (Å²) < 4.78 is 7.10. The molecule has 6 rings (SSSR count). The molecule has 8 nitrogen and oxygen atoms in total. The minimum absolute atomic E-state index is 0.0729. The van der Waals surface area contributed by atoms with Gasteiger partial charge in [-0.3, -0.25) is 14.4 Å². The monoisotopic (exact) mass is 585 g/mol. The molecule has 2 aromatic carbocycles. The van der Waals surface area contributed by atoms with Crippen LogP contribution in [0, 0.1) is 17.8 Å². The number of amides is 3. The van der Waals surface area contributed by atoms with Crippen molar-refractivity contribution in [2.75, 3.05) is 31.1 Å². The molecular weight excluding hydrogens is 542 g/mol. The summed E-state index contributed by atoms with van der Waals surface area (Å²) in [5.74, 6) is -2.39. The molecule has 228 valence electrons.